The molecule has 1 fully saturated rings. The van der Waals surface area contributed by atoms with Crippen LogP contribution in [0.3, 0.4) is 0 Å². The van der Waals surface area contributed by atoms with Crippen molar-refractivity contribution in [2.75, 3.05) is 21.3 Å². The van der Waals surface area contributed by atoms with Crippen LogP contribution in [0.2, 0.25) is 0 Å². The fourth-order valence-electron chi connectivity index (χ4n) is 3.72. The van der Waals surface area contributed by atoms with Gasteiger partial charge in [0.2, 0.25) is 11.7 Å². The summed E-state index contributed by atoms with van der Waals surface area (Å²) < 4.78 is 17.3. The molecule has 0 saturated heterocycles. The quantitative estimate of drug-likeness (QED) is 0.663. The van der Waals surface area contributed by atoms with Crippen LogP contribution < -0.4 is 19.5 Å². The van der Waals surface area contributed by atoms with Gasteiger partial charge in [-0.25, -0.2) is 0 Å². The topological polar surface area (TPSA) is 56.8 Å². The smallest absolute Gasteiger partial charge is 0.231 e. The SMILES string of the molecule is COc1cc(C(C)NC(=O)C2(c3ccc(Br)cc3)CCC2)cc(OC)c1OC. The van der Waals surface area contributed by atoms with Crippen molar-refractivity contribution in [1.29, 1.82) is 0 Å². The van der Waals surface area contributed by atoms with Gasteiger partial charge in [0.25, 0.3) is 0 Å². The van der Waals surface area contributed by atoms with Crippen molar-refractivity contribution in [2.45, 2.75) is 37.6 Å². The number of hydrogen-bond acceptors (Lipinski definition) is 4. The summed E-state index contributed by atoms with van der Waals surface area (Å²) in [4.78, 5) is 13.2. The van der Waals surface area contributed by atoms with Crippen LogP contribution >= 0.6 is 15.9 Å². The molecule has 0 radical (unpaired) electrons. The fourth-order valence-corrected chi connectivity index (χ4v) is 3.98. The van der Waals surface area contributed by atoms with Gasteiger partial charge in [-0.1, -0.05) is 34.5 Å². The highest BCUT2D eigenvalue weighted by Crippen LogP contribution is 2.45. The standard InChI is InChI=1S/C22H26BrNO4/c1-14(15-12-18(26-2)20(28-4)19(13-15)27-3)24-21(25)22(10-5-11-22)16-6-8-17(23)9-7-16/h6-9,12-14H,5,10-11H2,1-4H3,(H,24,25). The number of carbonyl (C=O) groups excluding carboxylic acids is 1. The molecule has 1 N–H and O–H groups in total. The molecule has 1 aliphatic rings. The molecule has 1 saturated carbocycles. The third-order valence-corrected chi connectivity index (χ3v) is 6.10. The van der Waals surface area contributed by atoms with Crippen LogP contribution in [-0.2, 0) is 10.2 Å². The van der Waals surface area contributed by atoms with Crippen LogP contribution in [0.5, 0.6) is 17.2 Å². The molecule has 2 aromatic carbocycles. The van der Waals surface area contributed by atoms with E-state index in [0.717, 1.165) is 34.9 Å². The van der Waals surface area contributed by atoms with Gasteiger partial charge in [0.15, 0.2) is 11.5 Å². The maximum absolute atomic E-state index is 13.2. The Hall–Kier alpha value is -2.21. The van der Waals surface area contributed by atoms with Crippen LogP contribution in [0, 0.1) is 0 Å². The van der Waals surface area contributed by atoms with Gasteiger partial charge in [0, 0.05) is 4.47 Å². The molecule has 3 rings (SSSR count). The van der Waals surface area contributed by atoms with E-state index in [4.69, 9.17) is 14.2 Å². The van der Waals surface area contributed by atoms with Gasteiger partial charge in [0.1, 0.15) is 0 Å². The number of rotatable bonds is 7. The Kier molecular flexibility index (Phi) is 6.18. The summed E-state index contributed by atoms with van der Waals surface area (Å²) >= 11 is 3.46. The van der Waals surface area contributed by atoms with E-state index in [0.29, 0.717) is 17.2 Å². The molecule has 0 aliphatic heterocycles. The average Bonchev–Trinajstić information content (AvgIpc) is 2.67. The average molecular weight is 448 g/mol. The largest absolute Gasteiger partial charge is 0.493 e. The highest BCUT2D eigenvalue weighted by Gasteiger charge is 2.45. The summed E-state index contributed by atoms with van der Waals surface area (Å²) in [7, 11) is 4.74. The number of nitrogens with one attached hydrogen (secondary N) is 1. The minimum atomic E-state index is -0.449. The first-order valence-corrected chi connectivity index (χ1v) is 10.1. The van der Waals surface area contributed by atoms with Crippen molar-refractivity contribution in [3.05, 3.63) is 52.0 Å². The van der Waals surface area contributed by atoms with E-state index in [1.54, 1.807) is 21.3 Å². The van der Waals surface area contributed by atoms with Crippen LogP contribution in [0.1, 0.15) is 43.4 Å². The van der Waals surface area contributed by atoms with Gasteiger partial charge in [-0.2, -0.15) is 0 Å². The van der Waals surface area contributed by atoms with E-state index in [-0.39, 0.29) is 11.9 Å². The molecule has 1 atom stereocenters. The Morgan fingerprint density at radius 3 is 2.04 bits per heavy atom. The van der Waals surface area contributed by atoms with Crippen LogP contribution in [-0.4, -0.2) is 27.2 Å². The van der Waals surface area contributed by atoms with E-state index in [1.807, 2.05) is 43.3 Å². The number of hydrogen-bond donors (Lipinski definition) is 1. The van der Waals surface area contributed by atoms with Crippen molar-refractivity contribution in [3.8, 4) is 17.2 Å². The molecule has 1 unspecified atom stereocenters. The van der Waals surface area contributed by atoms with Crippen molar-refractivity contribution < 1.29 is 19.0 Å². The molecular weight excluding hydrogens is 422 g/mol. The predicted molar refractivity (Wildman–Crippen MR) is 112 cm³/mol. The molecular formula is C22H26BrNO4. The maximum Gasteiger partial charge on any atom is 0.231 e. The highest BCUT2D eigenvalue weighted by molar-refractivity contribution is 9.10. The first-order valence-electron chi connectivity index (χ1n) is 9.32. The molecule has 28 heavy (non-hydrogen) atoms. The lowest BCUT2D eigenvalue weighted by Crippen LogP contribution is -2.49. The Bertz CT molecular complexity index is 821. The monoisotopic (exact) mass is 447 g/mol. The Morgan fingerprint density at radius 2 is 1.61 bits per heavy atom. The number of amides is 1. The van der Waals surface area contributed by atoms with Crippen LogP contribution in [0.15, 0.2) is 40.9 Å². The second kappa shape index (κ2) is 8.43. The van der Waals surface area contributed by atoms with Crippen molar-refractivity contribution in [3.63, 3.8) is 0 Å². The maximum atomic E-state index is 13.2. The predicted octanol–water partition coefficient (Wildman–Crippen LogP) is 4.77. The third-order valence-electron chi connectivity index (χ3n) is 5.57. The van der Waals surface area contributed by atoms with Gasteiger partial charge in [0.05, 0.1) is 32.8 Å². The van der Waals surface area contributed by atoms with Gasteiger partial charge in [-0.05, 0) is 55.2 Å². The minimum Gasteiger partial charge on any atom is -0.493 e. The van der Waals surface area contributed by atoms with Crippen LogP contribution in [0.4, 0.5) is 0 Å². The third kappa shape index (κ3) is 3.70. The van der Waals surface area contributed by atoms with Crippen molar-refractivity contribution in [1.82, 2.24) is 5.32 Å². The molecule has 6 heteroatoms. The number of halogens is 1. The van der Waals surface area contributed by atoms with Gasteiger partial charge < -0.3 is 19.5 Å². The zero-order chi connectivity index (χ0) is 20.3. The van der Waals surface area contributed by atoms with Crippen molar-refractivity contribution >= 4 is 21.8 Å². The normalized spacial score (nSPS) is 15.9. The Labute approximate surface area is 174 Å². The Balaban J connectivity index is 1.85. The zero-order valence-corrected chi connectivity index (χ0v) is 18.3. The lowest BCUT2D eigenvalue weighted by Gasteiger charge is -2.41. The zero-order valence-electron chi connectivity index (χ0n) is 16.7. The summed E-state index contributed by atoms with van der Waals surface area (Å²) in [6, 6.07) is 11.6. The summed E-state index contributed by atoms with van der Waals surface area (Å²) in [5.74, 6) is 1.74. The van der Waals surface area contributed by atoms with Gasteiger partial charge >= 0.3 is 0 Å². The van der Waals surface area contributed by atoms with Crippen molar-refractivity contribution in [2.24, 2.45) is 0 Å². The lowest BCUT2D eigenvalue weighted by atomic mass is 9.63. The molecule has 2 aromatic rings. The molecule has 0 aromatic heterocycles. The summed E-state index contributed by atoms with van der Waals surface area (Å²) in [6.45, 7) is 1.96. The lowest BCUT2D eigenvalue weighted by molar-refractivity contribution is -0.130. The number of ether oxygens (including phenoxy) is 3. The number of carbonyl (C=O) groups is 1. The minimum absolute atomic E-state index is 0.0577. The van der Waals surface area contributed by atoms with E-state index in [9.17, 15) is 4.79 Å². The van der Waals surface area contributed by atoms with E-state index >= 15 is 0 Å². The van der Waals surface area contributed by atoms with Gasteiger partial charge in [-0.15, -0.1) is 0 Å². The first kappa shape index (κ1) is 20.5. The molecule has 0 spiro atoms. The summed E-state index contributed by atoms with van der Waals surface area (Å²) in [5, 5.41) is 3.19. The van der Waals surface area contributed by atoms with E-state index in [1.165, 1.54) is 0 Å². The number of methoxy groups -OCH3 is 3. The molecule has 5 nitrogen and oxygen atoms in total. The van der Waals surface area contributed by atoms with E-state index < -0.39 is 5.41 Å². The van der Waals surface area contributed by atoms with Crippen LogP contribution in [0.25, 0.3) is 0 Å². The molecule has 0 heterocycles. The van der Waals surface area contributed by atoms with E-state index in [2.05, 4.69) is 21.2 Å². The summed E-state index contributed by atoms with van der Waals surface area (Å²) in [6.07, 6.45) is 2.78. The number of benzene rings is 2. The molecule has 150 valence electrons. The second-order valence-corrected chi connectivity index (χ2v) is 8.01. The first-order chi connectivity index (χ1) is 13.4. The van der Waals surface area contributed by atoms with Gasteiger partial charge in [-0.3, -0.25) is 4.79 Å². The fraction of sp³-hybridized carbons (Fsp3) is 0.409. The molecule has 1 aliphatic carbocycles. The highest BCUT2D eigenvalue weighted by atomic mass is 79.9. The molecule has 0 bridgehead atoms. The Morgan fingerprint density at radius 1 is 1.04 bits per heavy atom. The summed E-state index contributed by atoms with van der Waals surface area (Å²) in [5.41, 5.74) is 1.51. The second-order valence-electron chi connectivity index (χ2n) is 7.10. The molecule has 1 amide bonds.